The summed E-state index contributed by atoms with van der Waals surface area (Å²) < 4.78 is 8.88. The van der Waals surface area contributed by atoms with Crippen LogP contribution in [0.15, 0.2) is 0 Å². The Morgan fingerprint density at radius 3 is 1.00 bits per heavy atom. The van der Waals surface area contributed by atoms with Crippen LogP contribution < -0.4 is 0 Å². The van der Waals surface area contributed by atoms with Crippen LogP contribution in [0.3, 0.4) is 0 Å². The Bertz CT molecular complexity index is 76.5. The van der Waals surface area contributed by atoms with E-state index in [1.54, 1.807) is 0 Å². The van der Waals surface area contributed by atoms with E-state index in [-0.39, 0.29) is 135 Å². The Balaban J connectivity index is -0.00000000178. The minimum atomic E-state index is -4.64. The molecule has 0 atom stereocenters. The smallest absolute Gasteiger partial charge is 1.00 e. The van der Waals surface area contributed by atoms with E-state index in [0.29, 0.717) is 0 Å². The Morgan fingerprint density at radius 1 is 1.00 bits per heavy atom. The first-order valence-electron chi connectivity index (χ1n) is 0.783. The van der Waals surface area contributed by atoms with Gasteiger partial charge in [0, 0.05) is 0 Å². The Kier molecular flexibility index (Phi) is 47.9. The van der Waals surface area contributed by atoms with Gasteiger partial charge in [0.1, 0.15) is 0 Å². The number of hydrogen-bond donors (Lipinski definition) is 3. The van der Waals surface area contributed by atoms with E-state index in [1.165, 1.54) is 0 Å². The third kappa shape index (κ3) is 71.4. The van der Waals surface area contributed by atoms with Crippen LogP contribution in [0.1, 0.15) is 8.56 Å². The Labute approximate surface area is 159 Å². The largest absolute Gasteiger partial charge is 2.00 e. The summed E-state index contributed by atoms with van der Waals surface area (Å²) in [7, 11) is -4.64. The molecule has 9 heteroatoms. The molecule has 0 aromatic carbocycles. The van der Waals surface area contributed by atoms with E-state index >= 15 is 0 Å². The molecule has 0 aliphatic rings. The molecule has 0 spiro atoms. The van der Waals surface area contributed by atoms with Crippen LogP contribution in [-0.2, 0) is 4.57 Å². The Morgan fingerprint density at radius 2 is 1.00 bits per heavy atom. The maximum absolute atomic E-state index is 8.88. The molecule has 52 valence electrons. The summed E-state index contributed by atoms with van der Waals surface area (Å²) in [4.78, 5) is 21.6. The summed E-state index contributed by atoms with van der Waals surface area (Å²) in [5.74, 6) is 0. The summed E-state index contributed by atoms with van der Waals surface area (Å²) in [5, 5.41) is 0. The van der Waals surface area contributed by atoms with Gasteiger partial charge in [-0.15, -0.1) is 0 Å². The van der Waals surface area contributed by atoms with Gasteiger partial charge in [-0.25, -0.2) is 4.57 Å². The first kappa shape index (κ1) is 29.2. The van der Waals surface area contributed by atoms with Crippen molar-refractivity contribution in [3.63, 3.8) is 0 Å². The molecule has 0 saturated heterocycles. The summed E-state index contributed by atoms with van der Waals surface area (Å²) in [6.45, 7) is 0. The molecule has 0 heterocycles. The number of phosphoric acid groups is 1. The second kappa shape index (κ2) is 14.7. The molecule has 0 aliphatic carbocycles. The molecule has 0 bridgehead atoms. The summed E-state index contributed by atoms with van der Waals surface area (Å²) in [5.41, 5.74) is 0. The average Bonchev–Trinajstić information content (AvgIpc) is 0.722. The predicted molar refractivity (Wildman–Crippen MR) is 48.6 cm³/mol. The third-order valence-electron chi connectivity index (χ3n) is 0. The molecule has 0 rings (SSSR count). The molecule has 0 radical (unpaired) electrons. The van der Waals surface area contributed by atoms with Gasteiger partial charge in [0.25, 0.3) is 0 Å². The topological polar surface area (TPSA) is 77.8 Å². The van der Waals surface area contributed by atoms with Crippen LogP contribution in [0.25, 0.3) is 0 Å². The minimum Gasteiger partial charge on any atom is -1.00 e. The Hall–Kier alpha value is 4.24. The van der Waals surface area contributed by atoms with E-state index in [9.17, 15) is 0 Å². The standard InChI is InChI=1S/3Ca.H3O4P.H2S.6H/c;;;1-5(2,3)4;;;;;;;/h;;;(H3,1,2,3,4);1H2;;;;;;/q3*+2;;;6*-1. The summed E-state index contributed by atoms with van der Waals surface area (Å²) >= 11 is 0. The van der Waals surface area contributed by atoms with Crippen molar-refractivity contribution in [2.45, 2.75) is 0 Å². The maximum atomic E-state index is 8.88. The van der Waals surface area contributed by atoms with Crippen molar-refractivity contribution in [3.05, 3.63) is 0 Å². The van der Waals surface area contributed by atoms with E-state index in [1.807, 2.05) is 0 Å². The van der Waals surface area contributed by atoms with Gasteiger partial charge in [-0.3, -0.25) is 0 Å². The molecule has 9 heavy (non-hydrogen) atoms. The van der Waals surface area contributed by atoms with E-state index < -0.39 is 7.82 Å². The van der Waals surface area contributed by atoms with Crippen molar-refractivity contribution in [3.8, 4) is 0 Å². The van der Waals surface area contributed by atoms with Gasteiger partial charge in [-0.2, -0.15) is 13.5 Å². The SMILES string of the molecule is O=P(O)(O)O.S.[Ca+2].[Ca+2].[Ca+2].[H-].[H-].[H-].[H-].[H-].[H-]. The van der Waals surface area contributed by atoms with Gasteiger partial charge in [0.05, 0.1) is 0 Å². The van der Waals surface area contributed by atoms with E-state index in [0.717, 1.165) is 0 Å². The van der Waals surface area contributed by atoms with Crippen molar-refractivity contribution in [1.29, 1.82) is 0 Å². The van der Waals surface area contributed by atoms with Gasteiger partial charge in [0.2, 0.25) is 0 Å². The van der Waals surface area contributed by atoms with Crippen LogP contribution in [0.4, 0.5) is 0 Å². The second-order valence-corrected chi connectivity index (χ2v) is 1.54. The van der Waals surface area contributed by atoms with Crippen molar-refractivity contribution in [2.75, 3.05) is 0 Å². The molecule has 0 aromatic heterocycles. The van der Waals surface area contributed by atoms with Gasteiger partial charge < -0.3 is 23.2 Å². The molecule has 0 unspecified atom stereocenters. The summed E-state index contributed by atoms with van der Waals surface area (Å²) in [6.07, 6.45) is 0. The first-order valence-corrected chi connectivity index (χ1v) is 2.35. The first-order chi connectivity index (χ1) is 2.00. The van der Waals surface area contributed by atoms with Gasteiger partial charge >= 0.3 is 121 Å². The third-order valence-corrected chi connectivity index (χ3v) is 0. The fourth-order valence-electron chi connectivity index (χ4n) is 0. The predicted octanol–water partition coefficient (Wildman–Crippen LogP) is -1.28. The minimum absolute atomic E-state index is 0. The number of hydrogen-bond acceptors (Lipinski definition) is 1. The molecule has 4 nitrogen and oxygen atoms in total. The molecule has 0 saturated carbocycles. The molecule has 0 amide bonds. The van der Waals surface area contributed by atoms with Crippen LogP contribution in [0, 0.1) is 0 Å². The van der Waals surface area contributed by atoms with Crippen molar-refractivity contribution < 1.29 is 27.8 Å². The number of rotatable bonds is 0. The van der Waals surface area contributed by atoms with Crippen LogP contribution in [0.2, 0.25) is 0 Å². The monoisotopic (exact) mass is 258 g/mol. The molecular formula is H11Ca3O4PS. The molecule has 0 fully saturated rings. The van der Waals surface area contributed by atoms with Crippen molar-refractivity contribution in [1.82, 2.24) is 0 Å². The van der Waals surface area contributed by atoms with Crippen LogP contribution in [0.5, 0.6) is 0 Å². The van der Waals surface area contributed by atoms with Crippen molar-refractivity contribution in [2.24, 2.45) is 0 Å². The van der Waals surface area contributed by atoms with Crippen LogP contribution in [-0.4, -0.2) is 128 Å². The zero-order chi connectivity index (χ0) is 4.50. The van der Waals surface area contributed by atoms with Gasteiger partial charge in [0.15, 0.2) is 0 Å². The van der Waals surface area contributed by atoms with Crippen LogP contribution >= 0.6 is 21.3 Å². The zero-order valence-corrected chi connectivity index (χ0v) is 13.3. The van der Waals surface area contributed by atoms with E-state index in [2.05, 4.69) is 0 Å². The zero-order valence-electron chi connectivity index (χ0n) is 10.8. The quantitative estimate of drug-likeness (QED) is 0.373. The fraction of sp³-hybridized carbons (Fsp3) is 0. The molecule has 0 aliphatic heterocycles. The van der Waals surface area contributed by atoms with Crippen molar-refractivity contribution >= 4 is 135 Å². The fourth-order valence-corrected chi connectivity index (χ4v) is 0. The van der Waals surface area contributed by atoms with E-state index in [4.69, 9.17) is 19.2 Å². The second-order valence-electron chi connectivity index (χ2n) is 0.513. The molecule has 3 N–H and O–H groups in total. The maximum Gasteiger partial charge on any atom is 2.00 e. The molecule has 0 aromatic rings. The summed E-state index contributed by atoms with van der Waals surface area (Å²) in [6, 6.07) is 0. The van der Waals surface area contributed by atoms with Gasteiger partial charge in [-0.1, -0.05) is 0 Å². The van der Waals surface area contributed by atoms with Gasteiger partial charge in [-0.05, 0) is 0 Å². The average molecular weight is 258 g/mol. The molecular weight excluding hydrogens is 247 g/mol. The normalized spacial score (nSPS) is 6.56.